The maximum Gasteiger partial charge on any atom is 0.325 e. The second-order valence-corrected chi connectivity index (χ2v) is 9.43. The number of carbonyl (C=O) groups is 3. The van der Waals surface area contributed by atoms with Crippen molar-refractivity contribution in [1.29, 1.82) is 0 Å². The third-order valence-electron chi connectivity index (χ3n) is 5.94. The van der Waals surface area contributed by atoms with Crippen molar-refractivity contribution in [2.45, 2.75) is 83.2 Å². The van der Waals surface area contributed by atoms with Crippen LogP contribution in [0.4, 0.5) is 0 Å². The lowest BCUT2D eigenvalue weighted by atomic mass is 9.88. The molecule has 160 valence electrons. The first-order valence-corrected chi connectivity index (χ1v) is 11.7. The van der Waals surface area contributed by atoms with E-state index in [4.69, 9.17) is 4.74 Å². The third-order valence-corrected chi connectivity index (χ3v) is 6.94. The van der Waals surface area contributed by atoms with Gasteiger partial charge in [-0.15, -0.1) is 11.3 Å². The van der Waals surface area contributed by atoms with Crippen LogP contribution in [0.15, 0.2) is 12.1 Å². The number of thiophene rings is 1. The molecule has 2 aliphatic carbocycles. The second kappa shape index (κ2) is 10.8. The largest absolute Gasteiger partial charge is 0.454 e. The van der Waals surface area contributed by atoms with Gasteiger partial charge in [0.25, 0.3) is 11.8 Å². The molecule has 6 nitrogen and oxygen atoms in total. The molecule has 7 heteroatoms. The van der Waals surface area contributed by atoms with Crippen LogP contribution < -0.4 is 5.32 Å². The van der Waals surface area contributed by atoms with Crippen molar-refractivity contribution in [2.24, 2.45) is 0 Å². The summed E-state index contributed by atoms with van der Waals surface area (Å²) in [6, 6.07) is 4.15. The van der Waals surface area contributed by atoms with Crippen LogP contribution in [0.2, 0.25) is 0 Å². The first-order chi connectivity index (χ1) is 14.0. The molecule has 0 atom stereocenters. The molecule has 0 aliphatic heterocycles. The molecule has 1 aromatic heterocycles. The Bertz CT molecular complexity index is 687. The average Bonchev–Trinajstić information content (AvgIpc) is 3.18. The van der Waals surface area contributed by atoms with E-state index in [9.17, 15) is 14.4 Å². The highest BCUT2D eigenvalue weighted by Gasteiger charge is 2.32. The molecule has 0 aromatic carbocycles. The number of hydrogen-bond acceptors (Lipinski definition) is 5. The molecule has 0 spiro atoms. The first-order valence-electron chi connectivity index (χ1n) is 10.9. The zero-order chi connectivity index (χ0) is 20.6. The van der Waals surface area contributed by atoms with Gasteiger partial charge in [0.2, 0.25) is 0 Å². The van der Waals surface area contributed by atoms with Gasteiger partial charge in [-0.25, -0.2) is 0 Å². The van der Waals surface area contributed by atoms with E-state index in [1.165, 1.54) is 24.2 Å². The number of hydrogen-bond donors (Lipinski definition) is 1. The molecule has 2 aliphatic rings. The highest BCUT2D eigenvalue weighted by molar-refractivity contribution is 7.13. The molecule has 29 heavy (non-hydrogen) atoms. The van der Waals surface area contributed by atoms with Crippen molar-refractivity contribution in [3.63, 3.8) is 0 Å². The smallest absolute Gasteiger partial charge is 0.325 e. The third kappa shape index (κ3) is 6.29. The van der Waals surface area contributed by atoms with E-state index < -0.39 is 5.97 Å². The summed E-state index contributed by atoms with van der Waals surface area (Å²) < 4.78 is 5.22. The Morgan fingerprint density at radius 1 is 1.00 bits per heavy atom. The number of carbonyl (C=O) groups excluding carboxylic acids is 3. The van der Waals surface area contributed by atoms with Gasteiger partial charge in [-0.2, -0.15) is 0 Å². The minimum Gasteiger partial charge on any atom is -0.454 e. The molecule has 0 bridgehead atoms. The maximum absolute atomic E-state index is 13.0. The molecule has 2 saturated carbocycles. The molecule has 2 amide bonds. The molecule has 0 radical (unpaired) electrons. The van der Waals surface area contributed by atoms with Crippen LogP contribution in [0.1, 0.15) is 78.8 Å². The summed E-state index contributed by atoms with van der Waals surface area (Å²) in [6.07, 6.45) is 11.3. The van der Waals surface area contributed by atoms with E-state index in [1.54, 1.807) is 6.07 Å². The minimum atomic E-state index is -0.577. The topological polar surface area (TPSA) is 75.7 Å². The summed E-state index contributed by atoms with van der Waals surface area (Å²) in [5.74, 6) is -0.956. The van der Waals surface area contributed by atoms with E-state index in [1.807, 2.05) is 17.9 Å². The number of amides is 2. The summed E-state index contributed by atoms with van der Waals surface area (Å²) in [4.78, 5) is 40.7. The van der Waals surface area contributed by atoms with E-state index in [0.29, 0.717) is 4.88 Å². The molecule has 0 saturated heterocycles. The minimum absolute atomic E-state index is 0.0858. The lowest BCUT2D eigenvalue weighted by molar-refractivity contribution is -0.154. The van der Waals surface area contributed by atoms with Gasteiger partial charge in [-0.3, -0.25) is 14.4 Å². The van der Waals surface area contributed by atoms with Gasteiger partial charge in [0, 0.05) is 17.0 Å². The van der Waals surface area contributed by atoms with Gasteiger partial charge in [0.1, 0.15) is 6.54 Å². The zero-order valence-corrected chi connectivity index (χ0v) is 18.1. The normalized spacial score (nSPS) is 18.2. The predicted molar refractivity (Wildman–Crippen MR) is 113 cm³/mol. The number of nitrogens with one attached hydrogen (secondary N) is 1. The van der Waals surface area contributed by atoms with Crippen molar-refractivity contribution < 1.29 is 19.1 Å². The number of ether oxygens (including phenoxy) is 1. The number of esters is 1. The standard InChI is InChI=1S/C22H32N2O4S/c1-16-12-13-19(29-16)22(27)23-14-21(26)28-15-20(25)24(17-8-4-2-5-9-17)18-10-6-3-7-11-18/h12-13,17-18H,2-11,14-15H2,1H3,(H,23,27). The van der Waals surface area contributed by atoms with Crippen molar-refractivity contribution in [3.05, 3.63) is 21.9 Å². The van der Waals surface area contributed by atoms with Gasteiger partial charge in [0.15, 0.2) is 6.61 Å². The fourth-order valence-corrected chi connectivity index (χ4v) is 5.27. The summed E-state index contributed by atoms with van der Waals surface area (Å²) in [7, 11) is 0. The lowest BCUT2D eigenvalue weighted by Crippen LogP contribution is -2.50. The molecule has 0 unspecified atom stereocenters. The molecule has 1 heterocycles. The Kier molecular flexibility index (Phi) is 8.09. The van der Waals surface area contributed by atoms with E-state index in [2.05, 4.69) is 5.32 Å². The van der Waals surface area contributed by atoms with Crippen LogP contribution >= 0.6 is 11.3 Å². The summed E-state index contributed by atoms with van der Waals surface area (Å²) in [5, 5.41) is 2.56. The van der Waals surface area contributed by atoms with Crippen LogP contribution in [0.25, 0.3) is 0 Å². The molecular weight excluding hydrogens is 388 g/mol. The molecular formula is C22H32N2O4S. The van der Waals surface area contributed by atoms with Gasteiger partial charge in [-0.1, -0.05) is 38.5 Å². The highest BCUT2D eigenvalue weighted by Crippen LogP contribution is 2.30. The molecule has 1 aromatic rings. The van der Waals surface area contributed by atoms with Crippen LogP contribution in [0.3, 0.4) is 0 Å². The zero-order valence-electron chi connectivity index (χ0n) is 17.3. The van der Waals surface area contributed by atoms with Crippen LogP contribution in [-0.2, 0) is 14.3 Å². The average molecular weight is 421 g/mol. The summed E-state index contributed by atoms with van der Waals surface area (Å²) in [5.41, 5.74) is 0. The SMILES string of the molecule is Cc1ccc(C(=O)NCC(=O)OCC(=O)N(C2CCCCC2)C2CCCCC2)s1. The Balaban J connectivity index is 1.49. The maximum atomic E-state index is 13.0. The number of rotatable bonds is 7. The fraction of sp³-hybridized carbons (Fsp3) is 0.682. The highest BCUT2D eigenvalue weighted by atomic mass is 32.1. The van der Waals surface area contributed by atoms with Crippen LogP contribution in [0, 0.1) is 6.92 Å². The monoisotopic (exact) mass is 420 g/mol. The van der Waals surface area contributed by atoms with Gasteiger partial charge < -0.3 is 15.0 Å². The Morgan fingerprint density at radius 2 is 1.59 bits per heavy atom. The quantitative estimate of drug-likeness (QED) is 0.681. The Hall–Kier alpha value is -1.89. The Morgan fingerprint density at radius 3 is 2.10 bits per heavy atom. The van der Waals surface area contributed by atoms with E-state index in [-0.39, 0.29) is 37.0 Å². The number of nitrogens with zero attached hydrogens (tertiary/aromatic N) is 1. The van der Waals surface area contributed by atoms with Crippen LogP contribution in [-0.4, -0.2) is 47.9 Å². The van der Waals surface area contributed by atoms with Crippen LogP contribution in [0.5, 0.6) is 0 Å². The van der Waals surface area contributed by atoms with Crippen molar-refractivity contribution in [3.8, 4) is 0 Å². The first kappa shape index (κ1) is 21.8. The molecule has 3 rings (SSSR count). The summed E-state index contributed by atoms with van der Waals surface area (Å²) in [6.45, 7) is 1.46. The van der Waals surface area contributed by atoms with E-state index >= 15 is 0 Å². The van der Waals surface area contributed by atoms with Gasteiger partial charge >= 0.3 is 5.97 Å². The van der Waals surface area contributed by atoms with Crippen molar-refractivity contribution in [2.75, 3.05) is 13.2 Å². The van der Waals surface area contributed by atoms with Gasteiger partial charge in [0.05, 0.1) is 4.88 Å². The molecule has 2 fully saturated rings. The van der Waals surface area contributed by atoms with Crippen molar-refractivity contribution >= 4 is 29.1 Å². The molecule has 1 N–H and O–H groups in total. The second-order valence-electron chi connectivity index (χ2n) is 8.14. The van der Waals surface area contributed by atoms with Gasteiger partial charge in [-0.05, 0) is 44.7 Å². The summed E-state index contributed by atoms with van der Waals surface area (Å²) >= 11 is 1.38. The van der Waals surface area contributed by atoms with Crippen molar-refractivity contribution in [1.82, 2.24) is 10.2 Å². The lowest BCUT2D eigenvalue weighted by Gasteiger charge is -2.41. The predicted octanol–water partition coefficient (Wildman–Crippen LogP) is 3.82. The Labute approximate surface area is 177 Å². The number of aryl methyl sites for hydroxylation is 1. The van der Waals surface area contributed by atoms with E-state index in [0.717, 1.165) is 56.2 Å². The fourth-order valence-electron chi connectivity index (χ4n) is 4.49.